The minimum Gasteiger partial charge on any atom is -0.493 e. The highest BCUT2D eigenvalue weighted by Crippen LogP contribution is 2.44. The van der Waals surface area contributed by atoms with Crippen molar-refractivity contribution in [1.29, 1.82) is 0 Å². The molecular weight excluding hydrogens is 569 g/mol. The smallest absolute Gasteiger partial charge is 0.401 e. The van der Waals surface area contributed by atoms with Gasteiger partial charge in [0.05, 0.1) is 32.2 Å². The van der Waals surface area contributed by atoms with E-state index in [1.54, 1.807) is 48.4 Å². The van der Waals surface area contributed by atoms with Crippen LogP contribution in [0.1, 0.15) is 55.5 Å². The Bertz CT molecular complexity index is 1440. The van der Waals surface area contributed by atoms with Crippen LogP contribution in [0.2, 0.25) is 5.02 Å². The summed E-state index contributed by atoms with van der Waals surface area (Å²) < 4.78 is 50.7. The van der Waals surface area contributed by atoms with Crippen LogP contribution >= 0.6 is 11.6 Å². The fourth-order valence-electron chi connectivity index (χ4n) is 5.98. The number of carbonyl (C=O) groups is 1. The van der Waals surface area contributed by atoms with Gasteiger partial charge in [-0.05, 0) is 85.8 Å². The number of carbonyl (C=O) groups excluding carboxylic acids is 1. The van der Waals surface area contributed by atoms with Gasteiger partial charge in [-0.15, -0.1) is 0 Å². The minimum absolute atomic E-state index is 0.102. The summed E-state index contributed by atoms with van der Waals surface area (Å²) in [7, 11) is 1.56. The van der Waals surface area contributed by atoms with Crippen molar-refractivity contribution in [1.82, 2.24) is 4.90 Å². The molecule has 0 bridgehead atoms. The van der Waals surface area contributed by atoms with Gasteiger partial charge in [0.15, 0.2) is 11.5 Å². The predicted octanol–water partition coefficient (Wildman–Crippen LogP) is 6.66. The van der Waals surface area contributed by atoms with Gasteiger partial charge in [0, 0.05) is 23.3 Å². The van der Waals surface area contributed by atoms with Crippen LogP contribution in [0.5, 0.6) is 11.5 Å². The Morgan fingerprint density at radius 2 is 1.71 bits per heavy atom. The molecule has 1 N–H and O–H groups in total. The number of anilines is 1. The van der Waals surface area contributed by atoms with Crippen molar-refractivity contribution in [3.05, 3.63) is 87.9 Å². The third-order valence-corrected chi connectivity index (χ3v) is 8.28. The third kappa shape index (κ3) is 5.96. The number of amides is 1. The van der Waals surface area contributed by atoms with E-state index in [2.05, 4.69) is 0 Å². The number of likely N-dealkylation sites (tertiary alicyclic amines) is 1. The first-order chi connectivity index (χ1) is 19.8. The summed E-state index contributed by atoms with van der Waals surface area (Å²) in [4.78, 5) is 16.7. The number of hydrogen-bond acceptors (Lipinski definition) is 5. The first-order valence-electron chi connectivity index (χ1n) is 13.9. The van der Waals surface area contributed by atoms with Crippen LogP contribution in [0, 0.1) is 0 Å². The normalized spacial score (nSPS) is 20.6. The molecule has 224 valence electrons. The minimum atomic E-state index is -4.34. The van der Waals surface area contributed by atoms with E-state index in [1.165, 1.54) is 11.8 Å². The Labute approximate surface area is 248 Å². The predicted molar refractivity (Wildman–Crippen MR) is 155 cm³/mol. The molecule has 42 heavy (non-hydrogen) atoms. The SMILES string of the molecule is COc1cc2c(cc1OC(C)C)C(c1ccc(Cl)cc1)N(c1ccc([C@](C)(O)C3CCN3CC(F)(F)F)cc1)C(=O)C2. The van der Waals surface area contributed by atoms with Gasteiger partial charge < -0.3 is 19.5 Å². The average molecular weight is 603 g/mol. The Morgan fingerprint density at radius 3 is 2.26 bits per heavy atom. The molecule has 0 aliphatic carbocycles. The molecule has 1 fully saturated rings. The standard InChI is InChI=1S/C32H34ClF3N2O4/c1-19(2)42-27-17-25-21(15-26(27)41-4)16-29(39)38(30(25)20-5-9-23(33)10-6-20)24-11-7-22(8-12-24)31(3,40)28-13-14-37(28)18-32(34,35)36/h5-12,15,17,19,28,30,40H,13-14,16,18H2,1-4H3/t28?,30?,31-/m0/s1. The van der Waals surface area contributed by atoms with Gasteiger partial charge in [0.25, 0.3) is 0 Å². The molecule has 2 aliphatic heterocycles. The first kappa shape index (κ1) is 30.2. The summed E-state index contributed by atoms with van der Waals surface area (Å²) in [6.45, 7) is 4.60. The zero-order valence-corrected chi connectivity index (χ0v) is 24.7. The van der Waals surface area contributed by atoms with E-state index in [0.29, 0.717) is 34.2 Å². The molecule has 1 saturated heterocycles. The maximum atomic E-state index is 13.8. The highest BCUT2D eigenvalue weighted by Gasteiger charge is 2.47. The van der Waals surface area contributed by atoms with E-state index >= 15 is 0 Å². The molecule has 0 spiro atoms. The van der Waals surface area contributed by atoms with E-state index in [-0.39, 0.29) is 25.0 Å². The average Bonchev–Trinajstić information content (AvgIpc) is 2.90. The van der Waals surface area contributed by atoms with Crippen molar-refractivity contribution < 1.29 is 32.5 Å². The maximum absolute atomic E-state index is 13.8. The van der Waals surface area contributed by atoms with Crippen LogP contribution in [0.4, 0.5) is 18.9 Å². The molecule has 2 heterocycles. The van der Waals surface area contributed by atoms with Gasteiger partial charge in [-0.3, -0.25) is 9.69 Å². The van der Waals surface area contributed by atoms with Gasteiger partial charge >= 0.3 is 6.18 Å². The van der Waals surface area contributed by atoms with Crippen molar-refractivity contribution in [2.24, 2.45) is 0 Å². The zero-order chi connectivity index (χ0) is 30.4. The van der Waals surface area contributed by atoms with E-state index in [1.807, 2.05) is 38.1 Å². The number of ether oxygens (including phenoxy) is 2. The number of rotatable bonds is 8. The van der Waals surface area contributed by atoms with Gasteiger partial charge in [-0.25, -0.2) is 0 Å². The zero-order valence-electron chi connectivity index (χ0n) is 23.9. The van der Waals surface area contributed by atoms with Gasteiger partial charge in [-0.1, -0.05) is 35.9 Å². The maximum Gasteiger partial charge on any atom is 0.401 e. The summed E-state index contributed by atoms with van der Waals surface area (Å²) in [5.74, 6) is 0.965. The second-order valence-electron chi connectivity index (χ2n) is 11.3. The Balaban J connectivity index is 1.53. The highest BCUT2D eigenvalue weighted by atomic mass is 35.5. The molecule has 6 nitrogen and oxygen atoms in total. The molecule has 0 aromatic heterocycles. The number of fused-ring (bicyclic) bond motifs is 1. The lowest BCUT2D eigenvalue weighted by Gasteiger charge is -2.49. The lowest BCUT2D eigenvalue weighted by Crippen LogP contribution is -2.60. The van der Waals surface area contributed by atoms with Crippen molar-refractivity contribution in [3.8, 4) is 11.5 Å². The number of benzene rings is 3. The molecule has 5 rings (SSSR count). The number of hydrogen-bond donors (Lipinski definition) is 1. The number of aliphatic hydroxyl groups is 1. The molecule has 3 aromatic rings. The summed E-state index contributed by atoms with van der Waals surface area (Å²) >= 11 is 6.20. The topological polar surface area (TPSA) is 62.2 Å². The van der Waals surface area contributed by atoms with E-state index < -0.39 is 30.4 Å². The summed E-state index contributed by atoms with van der Waals surface area (Å²) in [5, 5.41) is 11.9. The summed E-state index contributed by atoms with van der Waals surface area (Å²) in [6, 6.07) is 16.7. The fraction of sp³-hybridized carbons (Fsp3) is 0.406. The second kappa shape index (κ2) is 11.4. The summed E-state index contributed by atoms with van der Waals surface area (Å²) in [5.41, 5.74) is 2.10. The van der Waals surface area contributed by atoms with Crippen molar-refractivity contribution in [2.75, 3.05) is 25.1 Å². The van der Waals surface area contributed by atoms with Crippen LogP contribution in [-0.2, 0) is 16.8 Å². The van der Waals surface area contributed by atoms with Crippen LogP contribution in [0.3, 0.4) is 0 Å². The molecule has 0 radical (unpaired) electrons. The lowest BCUT2D eigenvalue weighted by molar-refractivity contribution is -0.182. The van der Waals surface area contributed by atoms with Gasteiger partial charge in [0.1, 0.15) is 5.60 Å². The number of halogens is 4. The van der Waals surface area contributed by atoms with Crippen LogP contribution < -0.4 is 14.4 Å². The van der Waals surface area contributed by atoms with Crippen molar-refractivity contribution in [2.45, 2.75) is 63.6 Å². The van der Waals surface area contributed by atoms with Gasteiger partial charge in [-0.2, -0.15) is 13.2 Å². The third-order valence-electron chi connectivity index (χ3n) is 8.03. The highest BCUT2D eigenvalue weighted by molar-refractivity contribution is 6.30. The Kier molecular flexibility index (Phi) is 8.22. The van der Waals surface area contributed by atoms with Crippen molar-refractivity contribution >= 4 is 23.2 Å². The largest absolute Gasteiger partial charge is 0.493 e. The molecule has 3 atom stereocenters. The molecule has 10 heteroatoms. The molecule has 1 amide bonds. The van der Waals surface area contributed by atoms with E-state index in [4.69, 9.17) is 21.1 Å². The monoisotopic (exact) mass is 602 g/mol. The Morgan fingerprint density at radius 1 is 1.05 bits per heavy atom. The molecular formula is C32H34ClF3N2O4. The van der Waals surface area contributed by atoms with Crippen molar-refractivity contribution in [3.63, 3.8) is 0 Å². The van der Waals surface area contributed by atoms with Crippen LogP contribution in [0.25, 0.3) is 0 Å². The molecule has 2 unspecified atom stereocenters. The molecule has 3 aromatic carbocycles. The van der Waals surface area contributed by atoms with E-state index in [0.717, 1.165) is 16.7 Å². The lowest BCUT2D eigenvalue weighted by atomic mass is 9.81. The van der Waals surface area contributed by atoms with E-state index in [9.17, 15) is 23.1 Å². The number of alkyl halides is 3. The molecule has 2 aliphatic rings. The quantitative estimate of drug-likeness (QED) is 0.312. The number of nitrogens with zero attached hydrogens (tertiary/aromatic N) is 2. The second-order valence-corrected chi connectivity index (χ2v) is 11.8. The number of methoxy groups -OCH3 is 1. The Hall–Kier alpha value is -3.27. The molecule has 0 saturated carbocycles. The van der Waals surface area contributed by atoms with Gasteiger partial charge in [0.2, 0.25) is 5.91 Å². The summed E-state index contributed by atoms with van der Waals surface area (Å²) in [6.07, 6.45) is -3.86. The van der Waals surface area contributed by atoms with Crippen LogP contribution in [0.15, 0.2) is 60.7 Å². The first-order valence-corrected chi connectivity index (χ1v) is 14.2. The fourth-order valence-corrected chi connectivity index (χ4v) is 6.10. The van der Waals surface area contributed by atoms with Crippen LogP contribution in [-0.4, -0.2) is 54.4 Å².